The highest BCUT2D eigenvalue weighted by atomic mass is 19.2. The molecule has 0 spiro atoms. The van der Waals surface area contributed by atoms with E-state index in [1.54, 1.807) is 0 Å². The van der Waals surface area contributed by atoms with Gasteiger partial charge in [-0.05, 0) is 6.08 Å². The fourth-order valence-corrected chi connectivity index (χ4v) is 1.32. The van der Waals surface area contributed by atoms with Gasteiger partial charge in [0, 0.05) is 6.42 Å². The standard InChI is InChI=1S/C10H10F2O4/c1-15-8(13)6-4-3-5-10(12,7(6)11)9(14)16-2/h3-4H,5H2,1-2H3. The molecule has 0 saturated heterocycles. The summed E-state index contributed by atoms with van der Waals surface area (Å²) in [6.07, 6.45) is 1.74. The summed E-state index contributed by atoms with van der Waals surface area (Å²) >= 11 is 0. The smallest absolute Gasteiger partial charge is 0.351 e. The third-order valence-electron chi connectivity index (χ3n) is 2.18. The monoisotopic (exact) mass is 232 g/mol. The number of esters is 2. The number of alkyl halides is 1. The molecule has 6 heteroatoms. The van der Waals surface area contributed by atoms with Gasteiger partial charge in [-0.25, -0.2) is 18.4 Å². The van der Waals surface area contributed by atoms with Crippen LogP contribution >= 0.6 is 0 Å². The minimum atomic E-state index is -2.94. The third kappa shape index (κ3) is 1.82. The van der Waals surface area contributed by atoms with Crippen molar-refractivity contribution in [2.24, 2.45) is 0 Å². The lowest BCUT2D eigenvalue weighted by atomic mass is 9.91. The van der Waals surface area contributed by atoms with Gasteiger partial charge in [0.05, 0.1) is 19.8 Å². The molecule has 0 fully saturated rings. The molecule has 1 aliphatic carbocycles. The second-order valence-electron chi connectivity index (χ2n) is 3.12. The van der Waals surface area contributed by atoms with E-state index in [9.17, 15) is 18.4 Å². The lowest BCUT2D eigenvalue weighted by Crippen LogP contribution is -2.38. The van der Waals surface area contributed by atoms with Crippen molar-refractivity contribution in [2.75, 3.05) is 14.2 Å². The Morgan fingerprint density at radius 1 is 1.38 bits per heavy atom. The zero-order valence-corrected chi connectivity index (χ0v) is 8.75. The summed E-state index contributed by atoms with van der Waals surface area (Å²) in [5.74, 6) is -3.90. The van der Waals surface area contributed by atoms with E-state index in [1.807, 2.05) is 0 Å². The second kappa shape index (κ2) is 4.42. The first-order valence-corrected chi connectivity index (χ1v) is 4.39. The van der Waals surface area contributed by atoms with Gasteiger partial charge in [0.1, 0.15) is 0 Å². The number of halogens is 2. The Kier molecular flexibility index (Phi) is 3.41. The number of hydrogen-bond acceptors (Lipinski definition) is 4. The van der Waals surface area contributed by atoms with Crippen LogP contribution in [0.25, 0.3) is 0 Å². The molecule has 0 amide bonds. The van der Waals surface area contributed by atoms with Crippen LogP contribution in [0.5, 0.6) is 0 Å². The van der Waals surface area contributed by atoms with E-state index in [-0.39, 0.29) is 0 Å². The van der Waals surface area contributed by atoms with E-state index >= 15 is 0 Å². The average molecular weight is 232 g/mol. The Bertz CT molecular complexity index is 386. The van der Waals surface area contributed by atoms with Gasteiger partial charge in [0.25, 0.3) is 5.67 Å². The molecule has 0 radical (unpaired) electrons. The summed E-state index contributed by atoms with van der Waals surface area (Å²) in [5, 5.41) is 0. The number of hydrogen-bond donors (Lipinski definition) is 0. The molecule has 4 nitrogen and oxygen atoms in total. The van der Waals surface area contributed by atoms with E-state index in [0.29, 0.717) is 0 Å². The van der Waals surface area contributed by atoms with Crippen molar-refractivity contribution in [1.82, 2.24) is 0 Å². The average Bonchev–Trinajstić information content (AvgIpc) is 2.30. The van der Waals surface area contributed by atoms with Gasteiger partial charge in [-0.15, -0.1) is 0 Å². The number of carbonyl (C=O) groups excluding carboxylic acids is 2. The van der Waals surface area contributed by atoms with Gasteiger partial charge < -0.3 is 9.47 Å². The third-order valence-corrected chi connectivity index (χ3v) is 2.18. The minimum absolute atomic E-state index is 0.508. The second-order valence-corrected chi connectivity index (χ2v) is 3.12. The maximum Gasteiger partial charge on any atom is 0.351 e. The van der Waals surface area contributed by atoms with Crippen LogP contribution < -0.4 is 0 Å². The Morgan fingerprint density at radius 3 is 2.50 bits per heavy atom. The van der Waals surface area contributed by atoms with Crippen LogP contribution in [0.3, 0.4) is 0 Å². The van der Waals surface area contributed by atoms with Gasteiger partial charge in [-0.2, -0.15) is 0 Å². The van der Waals surface area contributed by atoms with E-state index in [1.165, 1.54) is 6.08 Å². The Balaban J connectivity index is 3.19. The first kappa shape index (κ1) is 12.4. The zero-order valence-electron chi connectivity index (χ0n) is 8.75. The molecule has 1 atom stereocenters. The Morgan fingerprint density at radius 2 is 2.00 bits per heavy atom. The fraction of sp³-hybridized carbons (Fsp3) is 0.400. The van der Waals surface area contributed by atoms with Crippen LogP contribution in [0.1, 0.15) is 6.42 Å². The highest BCUT2D eigenvalue weighted by Gasteiger charge is 2.48. The molecule has 88 valence electrons. The predicted octanol–water partition coefficient (Wildman–Crippen LogP) is 1.22. The van der Waals surface area contributed by atoms with Crippen molar-refractivity contribution in [3.05, 3.63) is 23.6 Å². The first-order chi connectivity index (χ1) is 7.47. The highest BCUT2D eigenvalue weighted by Crippen LogP contribution is 2.35. The molecule has 1 rings (SSSR count). The van der Waals surface area contributed by atoms with Gasteiger partial charge in [0.2, 0.25) is 0 Å². The van der Waals surface area contributed by atoms with Crippen LogP contribution in [-0.2, 0) is 19.1 Å². The van der Waals surface area contributed by atoms with Crippen molar-refractivity contribution in [3.8, 4) is 0 Å². The summed E-state index contributed by atoms with van der Waals surface area (Å²) in [5.41, 5.74) is -3.55. The molecule has 1 unspecified atom stereocenters. The first-order valence-electron chi connectivity index (χ1n) is 4.39. The van der Waals surface area contributed by atoms with Gasteiger partial charge in [0.15, 0.2) is 5.83 Å². The Hall–Kier alpha value is -1.72. The lowest BCUT2D eigenvalue weighted by molar-refractivity contribution is -0.153. The van der Waals surface area contributed by atoms with E-state index in [0.717, 1.165) is 20.3 Å². The van der Waals surface area contributed by atoms with Crippen molar-refractivity contribution >= 4 is 11.9 Å². The van der Waals surface area contributed by atoms with Crippen LogP contribution in [0.2, 0.25) is 0 Å². The van der Waals surface area contributed by atoms with E-state index in [2.05, 4.69) is 9.47 Å². The summed E-state index contributed by atoms with van der Waals surface area (Å²) < 4.78 is 36.0. The van der Waals surface area contributed by atoms with Crippen molar-refractivity contribution in [2.45, 2.75) is 12.1 Å². The van der Waals surface area contributed by atoms with Crippen LogP contribution in [0.4, 0.5) is 8.78 Å². The van der Waals surface area contributed by atoms with Gasteiger partial charge in [-0.1, -0.05) is 6.08 Å². The van der Waals surface area contributed by atoms with Gasteiger partial charge >= 0.3 is 11.9 Å². The van der Waals surface area contributed by atoms with Crippen LogP contribution in [0, 0.1) is 0 Å². The molecular formula is C10H10F2O4. The number of methoxy groups -OCH3 is 2. The minimum Gasteiger partial charge on any atom is -0.466 e. The largest absolute Gasteiger partial charge is 0.466 e. The molecule has 0 heterocycles. The van der Waals surface area contributed by atoms with Crippen LogP contribution in [-0.4, -0.2) is 31.8 Å². The molecule has 0 N–H and O–H groups in total. The SMILES string of the molecule is COC(=O)C1=C(F)C(F)(C(=O)OC)CC=C1. The molecule has 0 aromatic heterocycles. The molecule has 0 aromatic carbocycles. The zero-order chi connectivity index (χ0) is 12.3. The molecule has 0 bridgehead atoms. The molecule has 0 saturated carbocycles. The number of allylic oxidation sites excluding steroid dienone is 1. The molecule has 0 aromatic rings. The maximum absolute atomic E-state index is 13.9. The van der Waals surface area contributed by atoms with Crippen molar-refractivity contribution in [3.63, 3.8) is 0 Å². The van der Waals surface area contributed by atoms with Gasteiger partial charge in [-0.3, -0.25) is 0 Å². The van der Waals surface area contributed by atoms with E-state index < -0.39 is 35.4 Å². The summed E-state index contributed by atoms with van der Waals surface area (Å²) in [4.78, 5) is 22.2. The number of carbonyl (C=O) groups is 2. The summed E-state index contributed by atoms with van der Waals surface area (Å²) in [6, 6.07) is 0. The Labute approximate surface area is 90.5 Å². The maximum atomic E-state index is 13.9. The quantitative estimate of drug-likeness (QED) is 0.672. The van der Waals surface area contributed by atoms with Crippen LogP contribution in [0.15, 0.2) is 23.6 Å². The highest BCUT2D eigenvalue weighted by molar-refractivity contribution is 5.96. The number of rotatable bonds is 2. The molecule has 16 heavy (non-hydrogen) atoms. The fourth-order valence-electron chi connectivity index (χ4n) is 1.32. The molecular weight excluding hydrogens is 222 g/mol. The predicted molar refractivity (Wildman–Crippen MR) is 49.8 cm³/mol. The summed E-state index contributed by atoms with van der Waals surface area (Å²) in [7, 11) is 1.97. The van der Waals surface area contributed by atoms with E-state index in [4.69, 9.17) is 0 Å². The normalized spacial score (nSPS) is 24.2. The topological polar surface area (TPSA) is 52.6 Å². The molecule has 1 aliphatic rings. The van der Waals surface area contributed by atoms with Crippen molar-refractivity contribution in [1.29, 1.82) is 0 Å². The lowest BCUT2D eigenvalue weighted by Gasteiger charge is -2.23. The summed E-state index contributed by atoms with van der Waals surface area (Å²) in [6.45, 7) is 0. The molecule has 0 aliphatic heterocycles. The number of ether oxygens (including phenoxy) is 2. The van der Waals surface area contributed by atoms with Crippen molar-refractivity contribution < 1.29 is 27.8 Å².